The number of nitrogens with zero attached hydrogens (tertiary/aromatic N) is 2. The summed E-state index contributed by atoms with van der Waals surface area (Å²) in [5, 5.41) is 7.36. The quantitative estimate of drug-likeness (QED) is 0.694. The first-order chi connectivity index (χ1) is 5.09. The zero-order chi connectivity index (χ0) is 8.43. The van der Waals surface area contributed by atoms with E-state index in [2.05, 4.69) is 31.2 Å². The molecule has 1 aromatic rings. The molecular weight excluding hydrogens is 138 g/mol. The zero-order valence-corrected chi connectivity index (χ0v) is 7.26. The second-order valence-electron chi connectivity index (χ2n) is 2.96. The highest BCUT2D eigenvalue weighted by Crippen LogP contribution is 2.11. The van der Waals surface area contributed by atoms with Crippen LogP contribution < -0.4 is 5.32 Å². The Hall–Kier alpha value is -0.990. The molecule has 1 rings (SSSR count). The van der Waals surface area contributed by atoms with Gasteiger partial charge in [-0.15, -0.1) is 0 Å². The van der Waals surface area contributed by atoms with E-state index in [0.29, 0.717) is 6.04 Å². The lowest BCUT2D eigenvalue weighted by molar-refractivity contribution is 0.762. The van der Waals surface area contributed by atoms with Gasteiger partial charge in [0.2, 0.25) is 0 Å². The van der Waals surface area contributed by atoms with Gasteiger partial charge in [0.15, 0.2) is 0 Å². The molecule has 0 amide bonds. The minimum Gasteiger partial charge on any atom is -0.380 e. The normalized spacial score (nSPS) is 10.6. The van der Waals surface area contributed by atoms with Crippen LogP contribution in [0.25, 0.3) is 0 Å². The molecule has 1 aromatic heterocycles. The Labute approximate surface area is 67.4 Å². The number of rotatable bonds is 2. The third kappa shape index (κ3) is 1.97. The van der Waals surface area contributed by atoms with Crippen LogP contribution in [0, 0.1) is 6.92 Å². The van der Waals surface area contributed by atoms with Crippen molar-refractivity contribution in [2.24, 2.45) is 7.05 Å². The molecule has 1 N–H and O–H groups in total. The monoisotopic (exact) mass is 152 g/mol. The summed E-state index contributed by atoms with van der Waals surface area (Å²) in [5.41, 5.74) is 1.82. The summed E-state index contributed by atoms with van der Waals surface area (Å²) in [6, 6.07) is 0.430. The molecule has 0 bridgehead atoms. The second kappa shape index (κ2) is 2.95. The minimum absolute atomic E-state index is 0.430. The molecule has 0 unspecified atom stereocenters. The Morgan fingerprint density at radius 3 is 2.64 bits per heavy atom. The van der Waals surface area contributed by atoms with E-state index in [1.807, 2.05) is 13.2 Å². The average molecular weight is 152 g/mol. The number of nitrogens with one attached hydrogen (secondary N) is 1. The van der Waals surface area contributed by atoms with Crippen LogP contribution >= 0.6 is 0 Å². The maximum Gasteiger partial charge on any atom is 0.0859 e. The number of aryl methyl sites for hydroxylation is 1. The van der Waals surface area contributed by atoms with E-state index in [0.717, 1.165) is 11.4 Å². The second-order valence-corrected chi connectivity index (χ2v) is 2.96. The summed E-state index contributed by atoms with van der Waals surface area (Å²) in [6.45, 7) is 7.98. The number of aromatic nitrogens is 2. The van der Waals surface area contributed by atoms with Crippen LogP contribution in [-0.4, -0.2) is 15.8 Å². The van der Waals surface area contributed by atoms with E-state index in [1.54, 1.807) is 4.68 Å². The van der Waals surface area contributed by atoms with Gasteiger partial charge < -0.3 is 5.32 Å². The number of hydrogen-bond acceptors (Lipinski definition) is 2. The topological polar surface area (TPSA) is 29.9 Å². The van der Waals surface area contributed by atoms with Crippen molar-refractivity contribution < 1.29 is 0 Å². The minimum atomic E-state index is 0.430. The molecule has 0 aliphatic heterocycles. The highest BCUT2D eigenvalue weighted by atomic mass is 15.3. The van der Waals surface area contributed by atoms with Crippen molar-refractivity contribution >= 4 is 5.69 Å². The van der Waals surface area contributed by atoms with Crippen LogP contribution in [0.1, 0.15) is 19.5 Å². The van der Waals surface area contributed by atoms with Crippen molar-refractivity contribution in [2.75, 3.05) is 5.32 Å². The van der Waals surface area contributed by atoms with Crippen molar-refractivity contribution in [3.63, 3.8) is 0 Å². The molecule has 0 aromatic carbocycles. The van der Waals surface area contributed by atoms with Crippen LogP contribution in [0.5, 0.6) is 0 Å². The van der Waals surface area contributed by atoms with Crippen LogP contribution in [-0.2, 0) is 7.05 Å². The molecule has 3 nitrogen and oxygen atoms in total. The Morgan fingerprint density at radius 2 is 2.27 bits per heavy atom. The lowest BCUT2D eigenvalue weighted by Crippen LogP contribution is -2.09. The Kier molecular flexibility index (Phi) is 2.17. The highest BCUT2D eigenvalue weighted by Gasteiger charge is 2.02. The summed E-state index contributed by atoms with van der Waals surface area (Å²) in [7, 11) is 1.89. The van der Waals surface area contributed by atoms with Crippen molar-refractivity contribution in [2.45, 2.75) is 19.9 Å². The van der Waals surface area contributed by atoms with Crippen molar-refractivity contribution in [1.29, 1.82) is 0 Å². The number of anilines is 1. The lowest BCUT2D eigenvalue weighted by Gasteiger charge is -2.06. The fraction of sp³-hybridized carbons (Fsp3) is 0.500. The summed E-state index contributed by atoms with van der Waals surface area (Å²) in [4.78, 5) is 0. The fourth-order valence-corrected chi connectivity index (χ4v) is 0.966. The third-order valence-electron chi connectivity index (χ3n) is 1.35. The van der Waals surface area contributed by atoms with Gasteiger partial charge in [-0.2, -0.15) is 5.10 Å². The molecule has 61 valence electrons. The third-order valence-corrected chi connectivity index (χ3v) is 1.35. The first kappa shape index (κ1) is 8.11. The molecule has 0 spiro atoms. The molecule has 0 atom stereocenters. The van der Waals surface area contributed by atoms with Gasteiger partial charge in [-0.3, -0.25) is 4.68 Å². The van der Waals surface area contributed by atoms with Gasteiger partial charge in [0.05, 0.1) is 11.4 Å². The summed E-state index contributed by atoms with van der Waals surface area (Å²) in [5.74, 6) is 0. The predicted molar refractivity (Wildman–Crippen MR) is 46.4 cm³/mol. The van der Waals surface area contributed by atoms with E-state index in [9.17, 15) is 0 Å². The van der Waals surface area contributed by atoms with Gasteiger partial charge in [0.1, 0.15) is 0 Å². The van der Waals surface area contributed by atoms with E-state index in [-0.39, 0.29) is 0 Å². The fourth-order valence-electron chi connectivity index (χ4n) is 0.966. The first-order valence-corrected chi connectivity index (χ1v) is 3.71. The molecular formula is C8H14N3. The highest BCUT2D eigenvalue weighted by molar-refractivity contribution is 5.48. The summed E-state index contributed by atoms with van der Waals surface area (Å²) < 4.78 is 1.76. The van der Waals surface area contributed by atoms with Crippen LogP contribution in [0.3, 0.4) is 0 Å². The molecule has 0 saturated carbocycles. The van der Waals surface area contributed by atoms with Crippen molar-refractivity contribution in [1.82, 2.24) is 9.78 Å². The Bertz CT molecular complexity index is 237. The molecule has 0 aliphatic carbocycles. The summed E-state index contributed by atoms with van der Waals surface area (Å²) >= 11 is 0. The van der Waals surface area contributed by atoms with Crippen molar-refractivity contribution in [3.8, 4) is 0 Å². The molecule has 0 aliphatic rings. The van der Waals surface area contributed by atoms with E-state index in [4.69, 9.17) is 0 Å². The van der Waals surface area contributed by atoms with Gasteiger partial charge in [0.25, 0.3) is 0 Å². The standard InChI is InChI=1S/C8H14N3/c1-6(2)9-8-5-11(4)10-7(8)3/h5-6,9H,3H2,1-2,4H3. The van der Waals surface area contributed by atoms with Gasteiger partial charge in [-0.25, -0.2) is 0 Å². The predicted octanol–water partition coefficient (Wildman–Crippen LogP) is 1.42. The van der Waals surface area contributed by atoms with Crippen LogP contribution in [0.4, 0.5) is 5.69 Å². The SMILES string of the molecule is [CH2]c1nn(C)cc1NC(C)C. The summed E-state index contributed by atoms with van der Waals surface area (Å²) in [6.07, 6.45) is 1.93. The average Bonchev–Trinajstić information content (AvgIpc) is 2.09. The van der Waals surface area contributed by atoms with E-state index >= 15 is 0 Å². The first-order valence-electron chi connectivity index (χ1n) is 3.71. The molecule has 0 saturated heterocycles. The Balaban J connectivity index is 2.77. The smallest absolute Gasteiger partial charge is 0.0859 e. The van der Waals surface area contributed by atoms with Crippen LogP contribution in [0.2, 0.25) is 0 Å². The molecule has 1 radical (unpaired) electrons. The maximum absolute atomic E-state index is 4.11. The van der Waals surface area contributed by atoms with E-state index < -0.39 is 0 Å². The van der Waals surface area contributed by atoms with Crippen LogP contribution in [0.15, 0.2) is 6.20 Å². The molecule has 0 fully saturated rings. The molecule has 1 heterocycles. The van der Waals surface area contributed by atoms with Gasteiger partial charge in [-0.05, 0) is 20.8 Å². The largest absolute Gasteiger partial charge is 0.380 e. The maximum atomic E-state index is 4.11. The van der Waals surface area contributed by atoms with Gasteiger partial charge >= 0.3 is 0 Å². The molecule has 3 heteroatoms. The number of hydrogen-bond donors (Lipinski definition) is 1. The van der Waals surface area contributed by atoms with E-state index in [1.165, 1.54) is 0 Å². The van der Waals surface area contributed by atoms with Crippen molar-refractivity contribution in [3.05, 3.63) is 18.8 Å². The molecule has 11 heavy (non-hydrogen) atoms. The van der Waals surface area contributed by atoms with Gasteiger partial charge in [0, 0.05) is 19.3 Å². The Morgan fingerprint density at radius 1 is 1.64 bits per heavy atom. The lowest BCUT2D eigenvalue weighted by atomic mass is 10.3. The zero-order valence-electron chi connectivity index (χ0n) is 7.26. The van der Waals surface area contributed by atoms with Gasteiger partial charge in [-0.1, -0.05) is 0 Å².